The van der Waals surface area contributed by atoms with Crippen LogP contribution in [0, 0.1) is 6.92 Å². The maximum atomic E-state index is 13.2. The highest BCUT2D eigenvalue weighted by atomic mass is 35.5. The van der Waals surface area contributed by atoms with Gasteiger partial charge >= 0.3 is 0 Å². The summed E-state index contributed by atoms with van der Waals surface area (Å²) in [5.41, 5.74) is 5.14. The third kappa shape index (κ3) is 5.38. The Morgan fingerprint density at radius 1 is 1.03 bits per heavy atom. The summed E-state index contributed by atoms with van der Waals surface area (Å²) in [5.74, 6) is 0.819. The fourth-order valence-corrected chi connectivity index (χ4v) is 5.71. The van der Waals surface area contributed by atoms with Crippen LogP contribution in [0.2, 0.25) is 5.02 Å². The molecule has 0 aliphatic carbocycles. The van der Waals surface area contributed by atoms with E-state index in [1.54, 1.807) is 0 Å². The Labute approximate surface area is 232 Å². The van der Waals surface area contributed by atoms with Gasteiger partial charge in [0.15, 0.2) is 0 Å². The molecular formula is C31H29ClN2O3S. The van der Waals surface area contributed by atoms with Crippen LogP contribution in [-0.2, 0) is 11.3 Å². The highest BCUT2D eigenvalue weighted by molar-refractivity contribution is 8.18. The molecule has 5 rings (SSSR count). The summed E-state index contributed by atoms with van der Waals surface area (Å²) in [7, 11) is 0. The molecule has 0 bridgehead atoms. The minimum absolute atomic E-state index is 0.196. The molecule has 0 atom stereocenters. The quantitative estimate of drug-likeness (QED) is 0.212. The van der Waals surface area contributed by atoms with Gasteiger partial charge in [-0.05, 0) is 65.6 Å². The predicted molar refractivity (Wildman–Crippen MR) is 156 cm³/mol. The number of fused-ring (bicyclic) bond motifs is 1. The summed E-state index contributed by atoms with van der Waals surface area (Å²) < 4.78 is 8.15. The van der Waals surface area contributed by atoms with Crippen molar-refractivity contribution in [2.45, 2.75) is 33.2 Å². The number of rotatable bonds is 8. The highest BCUT2D eigenvalue weighted by Crippen LogP contribution is 2.35. The van der Waals surface area contributed by atoms with Crippen molar-refractivity contribution in [2.75, 3.05) is 13.2 Å². The van der Waals surface area contributed by atoms with Crippen LogP contribution < -0.4 is 4.74 Å². The lowest BCUT2D eigenvalue weighted by Crippen LogP contribution is -2.32. The number of hydrogen-bond acceptors (Lipinski definition) is 4. The predicted octanol–water partition coefficient (Wildman–Crippen LogP) is 7.89. The number of ether oxygens (including phenoxy) is 1. The molecule has 4 aromatic rings. The number of carbonyl (C=O) groups excluding carboxylic acids is 2. The number of aromatic nitrogens is 1. The number of halogens is 1. The zero-order valence-electron chi connectivity index (χ0n) is 21.6. The topological polar surface area (TPSA) is 51.5 Å². The standard InChI is InChI=1S/C31H29ClN2O3S/c1-20(2)24-13-12-21(3)16-28(24)37-15-14-34-30(35)29(38-31(34)36)17-23-19-33(27-11-7-5-9-25(23)27)18-22-8-4-6-10-26(22)32/h4-13,16-17,19-20H,14-15,18H2,1-3H3/b29-17-. The normalized spacial score (nSPS) is 14.9. The molecule has 0 N–H and O–H groups in total. The smallest absolute Gasteiger partial charge is 0.293 e. The zero-order chi connectivity index (χ0) is 26.8. The van der Waals surface area contributed by atoms with E-state index < -0.39 is 0 Å². The average Bonchev–Trinajstić information content (AvgIpc) is 3.37. The van der Waals surface area contributed by atoms with E-state index >= 15 is 0 Å². The van der Waals surface area contributed by atoms with Gasteiger partial charge in [-0.25, -0.2) is 0 Å². The van der Waals surface area contributed by atoms with Crippen LogP contribution in [0.15, 0.2) is 77.8 Å². The van der Waals surface area contributed by atoms with Gasteiger partial charge in [-0.2, -0.15) is 0 Å². The maximum Gasteiger partial charge on any atom is 0.293 e. The second-order valence-electron chi connectivity index (χ2n) is 9.70. The molecule has 1 aromatic heterocycles. The van der Waals surface area contributed by atoms with Crippen molar-refractivity contribution in [2.24, 2.45) is 0 Å². The van der Waals surface area contributed by atoms with Crippen LogP contribution in [0.1, 0.15) is 42.0 Å². The number of benzene rings is 3. The number of nitrogens with zero attached hydrogens (tertiary/aromatic N) is 2. The van der Waals surface area contributed by atoms with Gasteiger partial charge in [-0.15, -0.1) is 0 Å². The molecule has 1 aliphatic heterocycles. The summed E-state index contributed by atoms with van der Waals surface area (Å²) >= 11 is 7.38. The lowest BCUT2D eigenvalue weighted by atomic mass is 10.0. The van der Waals surface area contributed by atoms with Gasteiger partial charge in [0.25, 0.3) is 11.1 Å². The number of para-hydroxylation sites is 1. The first-order valence-corrected chi connectivity index (χ1v) is 13.8. The van der Waals surface area contributed by atoms with E-state index in [0.29, 0.717) is 22.4 Å². The van der Waals surface area contributed by atoms with E-state index in [2.05, 4.69) is 30.5 Å². The Balaban J connectivity index is 1.34. The lowest BCUT2D eigenvalue weighted by Gasteiger charge is -2.17. The molecule has 0 saturated carbocycles. The van der Waals surface area contributed by atoms with Crippen LogP contribution in [0.4, 0.5) is 4.79 Å². The molecule has 7 heteroatoms. The van der Waals surface area contributed by atoms with E-state index in [4.69, 9.17) is 16.3 Å². The summed E-state index contributed by atoms with van der Waals surface area (Å²) in [6, 6.07) is 21.9. The molecule has 1 fully saturated rings. The van der Waals surface area contributed by atoms with Crippen molar-refractivity contribution in [3.63, 3.8) is 0 Å². The monoisotopic (exact) mass is 544 g/mol. The molecule has 0 radical (unpaired) electrons. The first-order chi connectivity index (χ1) is 18.3. The van der Waals surface area contributed by atoms with Gasteiger partial charge in [0.2, 0.25) is 0 Å². The third-order valence-electron chi connectivity index (χ3n) is 6.64. The molecule has 0 spiro atoms. The fraction of sp³-hybridized carbons (Fsp3) is 0.226. The maximum absolute atomic E-state index is 13.2. The second-order valence-corrected chi connectivity index (χ2v) is 11.1. The van der Waals surface area contributed by atoms with Gasteiger partial charge in [0.1, 0.15) is 12.4 Å². The summed E-state index contributed by atoms with van der Waals surface area (Å²) in [4.78, 5) is 27.6. The average molecular weight is 545 g/mol. The van der Waals surface area contributed by atoms with Crippen LogP contribution in [0.25, 0.3) is 17.0 Å². The molecule has 0 unspecified atom stereocenters. The molecule has 1 aliphatic rings. The van der Waals surface area contributed by atoms with Gasteiger partial charge in [-0.3, -0.25) is 14.5 Å². The number of imide groups is 1. The minimum Gasteiger partial charge on any atom is -0.491 e. The fourth-order valence-electron chi connectivity index (χ4n) is 4.66. The van der Waals surface area contributed by atoms with Crippen molar-refractivity contribution in [1.82, 2.24) is 9.47 Å². The van der Waals surface area contributed by atoms with Crippen LogP contribution >= 0.6 is 23.4 Å². The summed E-state index contributed by atoms with van der Waals surface area (Å²) in [5, 5.41) is 1.44. The first-order valence-electron chi connectivity index (χ1n) is 12.6. The number of amides is 2. The van der Waals surface area contributed by atoms with Crippen molar-refractivity contribution in [3.05, 3.63) is 105 Å². The van der Waals surface area contributed by atoms with E-state index in [0.717, 1.165) is 50.7 Å². The zero-order valence-corrected chi connectivity index (χ0v) is 23.2. The van der Waals surface area contributed by atoms with Gasteiger partial charge in [0.05, 0.1) is 11.4 Å². The molecule has 1 saturated heterocycles. The Kier molecular flexibility index (Phi) is 7.63. The second kappa shape index (κ2) is 11.1. The SMILES string of the molecule is Cc1ccc(C(C)C)c(OCCN2C(=O)S/C(=C\c3cn(Cc4ccccc4Cl)c4ccccc34)C2=O)c1. The molecule has 2 heterocycles. The van der Waals surface area contributed by atoms with Crippen molar-refractivity contribution in [3.8, 4) is 5.75 Å². The van der Waals surface area contributed by atoms with Crippen molar-refractivity contribution >= 4 is 51.5 Å². The van der Waals surface area contributed by atoms with Gasteiger partial charge in [0, 0.05) is 34.2 Å². The molecule has 3 aromatic carbocycles. The van der Waals surface area contributed by atoms with Crippen molar-refractivity contribution < 1.29 is 14.3 Å². The third-order valence-corrected chi connectivity index (χ3v) is 7.92. The van der Waals surface area contributed by atoms with Gasteiger partial charge in [-0.1, -0.05) is 74.0 Å². The number of carbonyl (C=O) groups is 2. The molecule has 5 nitrogen and oxygen atoms in total. The van der Waals surface area contributed by atoms with Crippen molar-refractivity contribution in [1.29, 1.82) is 0 Å². The lowest BCUT2D eigenvalue weighted by molar-refractivity contribution is -0.123. The number of aryl methyl sites for hydroxylation is 1. The number of thioether (sulfide) groups is 1. The molecule has 194 valence electrons. The summed E-state index contributed by atoms with van der Waals surface area (Å²) in [6.07, 6.45) is 3.82. The van der Waals surface area contributed by atoms with E-state index in [1.165, 1.54) is 4.90 Å². The van der Waals surface area contributed by atoms with E-state index in [-0.39, 0.29) is 24.3 Å². The molecule has 38 heavy (non-hydrogen) atoms. The Morgan fingerprint density at radius 2 is 1.79 bits per heavy atom. The summed E-state index contributed by atoms with van der Waals surface area (Å²) in [6.45, 7) is 7.29. The van der Waals surface area contributed by atoms with Crippen LogP contribution in [-0.4, -0.2) is 33.8 Å². The Hall–Kier alpha value is -3.48. The Morgan fingerprint density at radius 3 is 2.58 bits per heavy atom. The first kappa shape index (κ1) is 26.1. The largest absolute Gasteiger partial charge is 0.491 e. The minimum atomic E-state index is -0.292. The number of hydrogen-bond donors (Lipinski definition) is 0. The Bertz CT molecular complexity index is 1560. The van der Waals surface area contributed by atoms with E-state index in [9.17, 15) is 9.59 Å². The molecular weight excluding hydrogens is 516 g/mol. The molecule has 2 amide bonds. The highest BCUT2D eigenvalue weighted by Gasteiger charge is 2.35. The van der Waals surface area contributed by atoms with Gasteiger partial charge < -0.3 is 9.30 Å². The van der Waals surface area contributed by atoms with Crippen LogP contribution in [0.5, 0.6) is 5.75 Å². The van der Waals surface area contributed by atoms with Crippen LogP contribution in [0.3, 0.4) is 0 Å². The van der Waals surface area contributed by atoms with E-state index in [1.807, 2.05) is 73.8 Å².